The molecule has 1 N–H and O–H groups in total. The summed E-state index contributed by atoms with van der Waals surface area (Å²) < 4.78 is 4.78. The number of aromatic amines is 1. The number of rotatable bonds is 4. The highest BCUT2D eigenvalue weighted by atomic mass is 16.6. The van der Waals surface area contributed by atoms with Crippen molar-refractivity contribution in [1.82, 2.24) is 14.9 Å². The number of aryl methyl sites for hydroxylation is 1. The second-order valence-corrected chi connectivity index (χ2v) is 6.53. The van der Waals surface area contributed by atoms with Crippen molar-refractivity contribution >= 4 is 23.4 Å². The molecule has 10 nitrogen and oxygen atoms in total. The third kappa shape index (κ3) is 3.53. The lowest BCUT2D eigenvalue weighted by Gasteiger charge is -2.35. The molecule has 28 heavy (non-hydrogen) atoms. The first kappa shape index (κ1) is 19.3. The molecular weight excluding hydrogens is 366 g/mol. The van der Waals surface area contributed by atoms with Crippen LogP contribution in [0.2, 0.25) is 0 Å². The maximum absolute atomic E-state index is 12.9. The maximum Gasteiger partial charge on any atom is 0.339 e. The van der Waals surface area contributed by atoms with Crippen LogP contribution in [0.25, 0.3) is 0 Å². The summed E-state index contributed by atoms with van der Waals surface area (Å²) in [6.45, 7) is 5.51. The first-order valence-corrected chi connectivity index (χ1v) is 8.75. The number of esters is 1. The monoisotopic (exact) mass is 387 g/mol. The lowest BCUT2D eigenvalue weighted by Crippen LogP contribution is -2.49. The van der Waals surface area contributed by atoms with Crippen LogP contribution >= 0.6 is 0 Å². The molecule has 1 aliphatic rings. The first-order chi connectivity index (χ1) is 13.3. The summed E-state index contributed by atoms with van der Waals surface area (Å²) in [6, 6.07) is 3.02. The molecule has 0 aliphatic carbocycles. The van der Waals surface area contributed by atoms with Gasteiger partial charge in [0.05, 0.1) is 17.6 Å². The van der Waals surface area contributed by atoms with Gasteiger partial charge in [0.15, 0.2) is 0 Å². The molecular formula is C18H21N5O5. The molecule has 1 aliphatic heterocycles. The fourth-order valence-electron chi connectivity index (χ4n) is 3.34. The zero-order valence-electron chi connectivity index (χ0n) is 15.9. The van der Waals surface area contributed by atoms with Gasteiger partial charge in [0.1, 0.15) is 17.7 Å². The Labute approximate surface area is 161 Å². The predicted molar refractivity (Wildman–Crippen MR) is 101 cm³/mol. The van der Waals surface area contributed by atoms with Gasteiger partial charge in [-0.05, 0) is 25.5 Å². The number of hydrogen-bond donors (Lipinski definition) is 1. The molecule has 1 saturated heterocycles. The van der Waals surface area contributed by atoms with Gasteiger partial charge in [-0.3, -0.25) is 14.9 Å². The van der Waals surface area contributed by atoms with Gasteiger partial charge in [0.2, 0.25) is 0 Å². The Morgan fingerprint density at radius 1 is 1.21 bits per heavy atom. The van der Waals surface area contributed by atoms with Crippen molar-refractivity contribution in [3.63, 3.8) is 0 Å². The Balaban J connectivity index is 1.69. The second kappa shape index (κ2) is 7.67. The number of hydrogen-bond acceptors (Lipinski definition) is 7. The molecule has 0 saturated carbocycles. The van der Waals surface area contributed by atoms with E-state index in [9.17, 15) is 19.7 Å². The van der Waals surface area contributed by atoms with Crippen molar-refractivity contribution in [2.24, 2.45) is 0 Å². The van der Waals surface area contributed by atoms with Crippen LogP contribution in [-0.2, 0) is 4.74 Å². The van der Waals surface area contributed by atoms with Gasteiger partial charge in [-0.25, -0.2) is 9.78 Å². The molecule has 0 unspecified atom stereocenters. The first-order valence-electron chi connectivity index (χ1n) is 8.75. The van der Waals surface area contributed by atoms with Gasteiger partial charge < -0.3 is 19.5 Å². The molecule has 10 heteroatoms. The molecule has 2 aromatic rings. The average molecular weight is 387 g/mol. The number of methoxy groups -OCH3 is 1. The summed E-state index contributed by atoms with van der Waals surface area (Å²) in [7, 11) is 1.31. The van der Waals surface area contributed by atoms with E-state index in [-0.39, 0.29) is 11.6 Å². The highest BCUT2D eigenvalue weighted by molar-refractivity contribution is 6.00. The Hall–Kier alpha value is -3.43. The van der Waals surface area contributed by atoms with Gasteiger partial charge in [-0.15, -0.1) is 0 Å². The van der Waals surface area contributed by atoms with Crippen molar-refractivity contribution in [3.05, 3.63) is 51.0 Å². The van der Waals surface area contributed by atoms with Gasteiger partial charge in [-0.2, -0.15) is 0 Å². The van der Waals surface area contributed by atoms with Gasteiger partial charge in [-0.1, -0.05) is 0 Å². The number of ether oxygens (including phenoxy) is 1. The van der Waals surface area contributed by atoms with Crippen molar-refractivity contribution in [1.29, 1.82) is 0 Å². The zero-order valence-corrected chi connectivity index (χ0v) is 15.9. The van der Waals surface area contributed by atoms with Crippen LogP contribution in [0.1, 0.15) is 32.1 Å². The summed E-state index contributed by atoms with van der Waals surface area (Å²) in [5, 5.41) is 10.7. The molecule has 1 amide bonds. The van der Waals surface area contributed by atoms with Crippen LogP contribution in [0.5, 0.6) is 0 Å². The largest absolute Gasteiger partial charge is 0.465 e. The summed E-state index contributed by atoms with van der Waals surface area (Å²) in [6.07, 6.45) is 1.23. The van der Waals surface area contributed by atoms with E-state index in [0.717, 1.165) is 0 Å². The number of piperazine rings is 1. The Bertz CT molecular complexity index is 913. The zero-order chi connectivity index (χ0) is 20.4. The Morgan fingerprint density at radius 3 is 2.43 bits per heavy atom. The highest BCUT2D eigenvalue weighted by Gasteiger charge is 2.28. The fraction of sp³-hybridized carbons (Fsp3) is 0.389. The minimum absolute atomic E-state index is 0.0587. The highest BCUT2D eigenvalue weighted by Crippen LogP contribution is 2.22. The number of pyridine rings is 1. The quantitative estimate of drug-likeness (QED) is 0.481. The molecule has 0 atom stereocenters. The van der Waals surface area contributed by atoms with E-state index in [1.807, 2.05) is 4.90 Å². The summed E-state index contributed by atoms with van der Waals surface area (Å²) in [4.78, 5) is 45.9. The van der Waals surface area contributed by atoms with Crippen molar-refractivity contribution in [2.75, 3.05) is 38.2 Å². The molecule has 0 aromatic carbocycles. The predicted octanol–water partition coefficient (Wildman–Crippen LogP) is 1.68. The lowest BCUT2D eigenvalue weighted by atomic mass is 10.1. The van der Waals surface area contributed by atoms with E-state index >= 15 is 0 Å². The molecule has 148 valence electrons. The smallest absolute Gasteiger partial charge is 0.339 e. The van der Waals surface area contributed by atoms with E-state index in [4.69, 9.17) is 4.74 Å². The number of H-pyrrole nitrogens is 1. The van der Waals surface area contributed by atoms with Gasteiger partial charge in [0.25, 0.3) is 11.6 Å². The number of carbonyl (C=O) groups is 2. The molecule has 3 heterocycles. The molecule has 2 aromatic heterocycles. The van der Waals surface area contributed by atoms with E-state index in [1.165, 1.54) is 19.4 Å². The summed E-state index contributed by atoms with van der Waals surface area (Å²) >= 11 is 0. The molecule has 0 radical (unpaired) electrons. The number of nitrogens with one attached hydrogen (secondary N) is 1. The number of amides is 1. The van der Waals surface area contributed by atoms with Crippen LogP contribution in [0.3, 0.4) is 0 Å². The van der Waals surface area contributed by atoms with E-state index < -0.39 is 10.9 Å². The van der Waals surface area contributed by atoms with E-state index in [0.29, 0.717) is 54.5 Å². The second-order valence-electron chi connectivity index (χ2n) is 6.53. The fourth-order valence-corrected chi connectivity index (χ4v) is 3.34. The Kier molecular flexibility index (Phi) is 5.30. The molecule has 0 spiro atoms. The van der Waals surface area contributed by atoms with Crippen LogP contribution in [0.4, 0.5) is 11.5 Å². The third-order valence-electron chi connectivity index (χ3n) is 4.87. The Morgan fingerprint density at radius 2 is 1.89 bits per heavy atom. The average Bonchev–Trinajstić information content (AvgIpc) is 3.01. The summed E-state index contributed by atoms with van der Waals surface area (Å²) in [5.41, 5.74) is 1.89. The molecule has 0 bridgehead atoms. The number of nitrogens with zero attached hydrogens (tertiary/aromatic N) is 4. The number of anilines is 1. The minimum Gasteiger partial charge on any atom is -0.465 e. The van der Waals surface area contributed by atoms with Crippen LogP contribution < -0.4 is 4.90 Å². The minimum atomic E-state index is -0.489. The van der Waals surface area contributed by atoms with Crippen LogP contribution in [0, 0.1) is 24.0 Å². The van der Waals surface area contributed by atoms with E-state index in [2.05, 4.69) is 9.97 Å². The van der Waals surface area contributed by atoms with Crippen LogP contribution in [0.15, 0.2) is 18.3 Å². The van der Waals surface area contributed by atoms with Crippen LogP contribution in [-0.4, -0.2) is 65.0 Å². The SMILES string of the molecule is COC(=O)c1c(C)[nH]c(C(=O)N2CCN(c3ccc([N+](=O)[O-])cn3)CC2)c1C. The standard InChI is InChI=1S/C18H21N5O5/c1-11-15(18(25)28-3)12(2)20-16(11)17(24)22-8-6-21(7-9-22)14-5-4-13(10-19-14)23(26)27/h4-5,10,20H,6-9H2,1-3H3. The van der Waals surface area contributed by atoms with E-state index in [1.54, 1.807) is 24.8 Å². The van der Waals surface area contributed by atoms with Gasteiger partial charge >= 0.3 is 5.97 Å². The number of nitro groups is 1. The summed E-state index contributed by atoms with van der Waals surface area (Å²) in [5.74, 6) is -0.0102. The van der Waals surface area contributed by atoms with Crippen molar-refractivity contribution in [2.45, 2.75) is 13.8 Å². The molecule has 3 rings (SSSR count). The van der Waals surface area contributed by atoms with Gasteiger partial charge in [0, 0.05) is 37.9 Å². The normalized spacial score (nSPS) is 14.1. The maximum atomic E-state index is 12.9. The number of carbonyl (C=O) groups excluding carboxylic acids is 2. The third-order valence-corrected chi connectivity index (χ3v) is 4.87. The lowest BCUT2D eigenvalue weighted by molar-refractivity contribution is -0.385. The molecule has 1 fully saturated rings. The van der Waals surface area contributed by atoms with Crippen molar-refractivity contribution in [3.8, 4) is 0 Å². The number of aromatic nitrogens is 2. The topological polar surface area (TPSA) is 122 Å². The van der Waals surface area contributed by atoms with Crippen molar-refractivity contribution < 1.29 is 19.2 Å².